The number of aliphatic hydroxyl groups excluding tert-OH is 1. The minimum absolute atomic E-state index is 0.383. The summed E-state index contributed by atoms with van der Waals surface area (Å²) in [6, 6.07) is 5.31. The van der Waals surface area contributed by atoms with E-state index >= 15 is 0 Å². The van der Waals surface area contributed by atoms with Gasteiger partial charge in [0.15, 0.2) is 0 Å². The third-order valence-corrected chi connectivity index (χ3v) is 2.67. The average Bonchev–Trinajstić information content (AvgIpc) is 2.86. The van der Waals surface area contributed by atoms with Crippen molar-refractivity contribution in [2.75, 3.05) is 7.11 Å². The number of aliphatic hydroxyl groups is 1. The van der Waals surface area contributed by atoms with Gasteiger partial charge in [0.05, 0.1) is 12.8 Å². The van der Waals surface area contributed by atoms with E-state index in [1.54, 1.807) is 30.0 Å². The second-order valence-corrected chi connectivity index (χ2v) is 3.82. The molecule has 0 saturated carbocycles. The van der Waals surface area contributed by atoms with E-state index in [1.807, 2.05) is 6.92 Å². The second kappa shape index (κ2) is 5.59. The van der Waals surface area contributed by atoms with Crippen molar-refractivity contribution >= 4 is 0 Å². The average molecular weight is 248 g/mol. The lowest BCUT2D eigenvalue weighted by atomic mass is 10.1. The molecule has 0 spiro atoms. The highest BCUT2D eigenvalue weighted by Crippen LogP contribution is 2.17. The van der Waals surface area contributed by atoms with Gasteiger partial charge in [-0.25, -0.2) is 9.97 Å². The first-order valence-electron chi connectivity index (χ1n) is 5.80. The van der Waals surface area contributed by atoms with Gasteiger partial charge >= 0.3 is 0 Å². The molecule has 0 saturated heterocycles. The molecule has 6 heteroatoms. The molecule has 0 aliphatic rings. The molecule has 1 unspecified atom stereocenters. The topological polar surface area (TPSA) is 73.1 Å². The third-order valence-electron chi connectivity index (χ3n) is 2.67. The highest BCUT2D eigenvalue weighted by atomic mass is 16.5. The minimum atomic E-state index is -0.713. The van der Waals surface area contributed by atoms with E-state index in [0.717, 1.165) is 12.4 Å². The maximum absolute atomic E-state index is 10.1. The molecule has 0 aliphatic carbocycles. The Hall–Kier alpha value is -1.95. The Morgan fingerprint density at radius 1 is 1.44 bits per heavy atom. The Morgan fingerprint density at radius 2 is 2.28 bits per heavy atom. The zero-order valence-electron chi connectivity index (χ0n) is 10.4. The number of hydrogen-bond donors (Lipinski definition) is 1. The van der Waals surface area contributed by atoms with Crippen LogP contribution in [0.5, 0.6) is 5.88 Å². The fourth-order valence-corrected chi connectivity index (χ4v) is 1.72. The van der Waals surface area contributed by atoms with Gasteiger partial charge in [-0.05, 0) is 13.0 Å². The third kappa shape index (κ3) is 2.65. The van der Waals surface area contributed by atoms with Gasteiger partial charge in [-0.2, -0.15) is 5.10 Å². The predicted octanol–water partition coefficient (Wildman–Crippen LogP) is 0.978. The van der Waals surface area contributed by atoms with Gasteiger partial charge in [0.25, 0.3) is 0 Å². The van der Waals surface area contributed by atoms with Crippen LogP contribution in [0.4, 0.5) is 0 Å². The van der Waals surface area contributed by atoms with Crippen LogP contribution in [0.15, 0.2) is 24.5 Å². The van der Waals surface area contributed by atoms with Crippen LogP contribution in [0.2, 0.25) is 0 Å². The maximum atomic E-state index is 10.1. The SMILES string of the molecule is CCn1ncnc1CC(O)c1cccc(OC)n1. The molecule has 6 nitrogen and oxygen atoms in total. The summed E-state index contributed by atoms with van der Waals surface area (Å²) < 4.78 is 6.78. The molecule has 0 amide bonds. The van der Waals surface area contributed by atoms with E-state index in [4.69, 9.17) is 4.74 Å². The van der Waals surface area contributed by atoms with Gasteiger partial charge in [-0.15, -0.1) is 0 Å². The zero-order chi connectivity index (χ0) is 13.0. The van der Waals surface area contributed by atoms with Gasteiger partial charge < -0.3 is 9.84 Å². The van der Waals surface area contributed by atoms with Crippen molar-refractivity contribution in [2.45, 2.75) is 26.0 Å². The Labute approximate surface area is 105 Å². The molecule has 2 aromatic heterocycles. The number of methoxy groups -OCH3 is 1. The first-order chi connectivity index (χ1) is 8.74. The Bertz CT molecular complexity index is 512. The summed E-state index contributed by atoms with van der Waals surface area (Å²) in [5.74, 6) is 1.23. The van der Waals surface area contributed by atoms with Crippen molar-refractivity contribution in [1.82, 2.24) is 19.7 Å². The zero-order valence-corrected chi connectivity index (χ0v) is 10.4. The molecule has 0 fully saturated rings. The monoisotopic (exact) mass is 248 g/mol. The van der Waals surface area contributed by atoms with Crippen molar-refractivity contribution in [3.63, 3.8) is 0 Å². The van der Waals surface area contributed by atoms with E-state index < -0.39 is 6.10 Å². The van der Waals surface area contributed by atoms with Gasteiger partial charge in [-0.3, -0.25) is 4.68 Å². The predicted molar refractivity (Wildman–Crippen MR) is 65.1 cm³/mol. The smallest absolute Gasteiger partial charge is 0.213 e. The molecule has 18 heavy (non-hydrogen) atoms. The van der Waals surface area contributed by atoms with Gasteiger partial charge in [0.1, 0.15) is 18.3 Å². The van der Waals surface area contributed by atoms with Crippen molar-refractivity contribution in [2.24, 2.45) is 0 Å². The summed E-state index contributed by atoms with van der Waals surface area (Å²) in [4.78, 5) is 8.33. The van der Waals surface area contributed by atoms with E-state index in [1.165, 1.54) is 6.33 Å². The first kappa shape index (κ1) is 12.5. The number of aryl methyl sites for hydroxylation is 1. The van der Waals surface area contributed by atoms with Gasteiger partial charge in [-0.1, -0.05) is 6.07 Å². The van der Waals surface area contributed by atoms with Gasteiger partial charge in [0.2, 0.25) is 5.88 Å². The number of ether oxygens (including phenoxy) is 1. The molecule has 96 valence electrons. The summed E-state index contributed by atoms with van der Waals surface area (Å²) in [5.41, 5.74) is 0.569. The van der Waals surface area contributed by atoms with E-state index in [-0.39, 0.29) is 0 Å². The van der Waals surface area contributed by atoms with Crippen LogP contribution in [0, 0.1) is 0 Å². The van der Waals surface area contributed by atoms with Crippen molar-refractivity contribution in [3.8, 4) is 5.88 Å². The standard InChI is InChI=1S/C12H16N4O2/c1-3-16-11(13-8-14-16)7-10(17)9-5-4-6-12(15-9)18-2/h4-6,8,10,17H,3,7H2,1-2H3. The lowest BCUT2D eigenvalue weighted by molar-refractivity contribution is 0.168. The largest absolute Gasteiger partial charge is 0.481 e. The van der Waals surface area contributed by atoms with Crippen LogP contribution >= 0.6 is 0 Å². The molecule has 0 aromatic carbocycles. The molecule has 2 aromatic rings. The summed E-state index contributed by atoms with van der Waals surface area (Å²) in [6.45, 7) is 2.71. The molecule has 0 bridgehead atoms. The molecule has 1 atom stereocenters. The van der Waals surface area contributed by atoms with Crippen LogP contribution < -0.4 is 4.74 Å². The second-order valence-electron chi connectivity index (χ2n) is 3.82. The lowest BCUT2D eigenvalue weighted by Crippen LogP contribution is -2.10. The molecule has 2 heterocycles. The molecule has 1 N–H and O–H groups in total. The number of nitrogens with zero attached hydrogens (tertiary/aromatic N) is 4. The molecular weight excluding hydrogens is 232 g/mol. The Morgan fingerprint density at radius 3 is 3.00 bits per heavy atom. The van der Waals surface area contributed by atoms with Crippen LogP contribution in [0.1, 0.15) is 24.5 Å². The van der Waals surface area contributed by atoms with Crippen molar-refractivity contribution in [3.05, 3.63) is 36.0 Å². The summed E-state index contributed by atoms with van der Waals surface area (Å²) in [6.07, 6.45) is 1.16. The molecule has 0 aliphatic heterocycles. The molecule has 2 rings (SSSR count). The van der Waals surface area contributed by atoms with Gasteiger partial charge in [0, 0.05) is 19.0 Å². The van der Waals surface area contributed by atoms with Crippen LogP contribution in [-0.2, 0) is 13.0 Å². The van der Waals surface area contributed by atoms with Crippen molar-refractivity contribution in [1.29, 1.82) is 0 Å². The molecular formula is C12H16N4O2. The van der Waals surface area contributed by atoms with E-state index in [0.29, 0.717) is 18.0 Å². The fraction of sp³-hybridized carbons (Fsp3) is 0.417. The maximum Gasteiger partial charge on any atom is 0.213 e. The lowest BCUT2D eigenvalue weighted by Gasteiger charge is -2.11. The number of aromatic nitrogens is 4. The fourth-order valence-electron chi connectivity index (χ4n) is 1.72. The number of pyridine rings is 1. The van der Waals surface area contributed by atoms with E-state index in [9.17, 15) is 5.11 Å². The van der Waals surface area contributed by atoms with Crippen molar-refractivity contribution < 1.29 is 9.84 Å². The quantitative estimate of drug-likeness (QED) is 0.853. The number of hydrogen-bond acceptors (Lipinski definition) is 5. The Kier molecular flexibility index (Phi) is 3.88. The minimum Gasteiger partial charge on any atom is -0.481 e. The molecule has 0 radical (unpaired) electrons. The highest BCUT2D eigenvalue weighted by molar-refractivity contribution is 5.17. The normalized spacial score (nSPS) is 12.4. The number of rotatable bonds is 5. The highest BCUT2D eigenvalue weighted by Gasteiger charge is 2.14. The van der Waals surface area contributed by atoms with Crippen LogP contribution in [0.3, 0.4) is 0 Å². The van der Waals surface area contributed by atoms with Crippen LogP contribution in [0.25, 0.3) is 0 Å². The first-order valence-corrected chi connectivity index (χ1v) is 5.80. The van der Waals surface area contributed by atoms with Crippen LogP contribution in [-0.4, -0.2) is 32.0 Å². The summed E-state index contributed by atoms with van der Waals surface area (Å²) in [5, 5.41) is 14.2. The Balaban J connectivity index is 2.13. The van der Waals surface area contributed by atoms with E-state index in [2.05, 4.69) is 15.1 Å². The summed E-state index contributed by atoms with van der Waals surface area (Å²) >= 11 is 0. The summed E-state index contributed by atoms with van der Waals surface area (Å²) in [7, 11) is 1.55.